The summed E-state index contributed by atoms with van der Waals surface area (Å²) >= 11 is 2.03. The van der Waals surface area contributed by atoms with Crippen LogP contribution in [0.3, 0.4) is 0 Å². The van der Waals surface area contributed by atoms with Crippen LogP contribution in [0.1, 0.15) is 30.4 Å². The summed E-state index contributed by atoms with van der Waals surface area (Å²) in [6.45, 7) is 6.04. The van der Waals surface area contributed by atoms with Gasteiger partial charge in [0.1, 0.15) is 0 Å². The Kier molecular flexibility index (Phi) is 8.92. The van der Waals surface area contributed by atoms with Crippen molar-refractivity contribution in [2.24, 2.45) is 5.92 Å². The summed E-state index contributed by atoms with van der Waals surface area (Å²) in [4.78, 5) is 0. The predicted molar refractivity (Wildman–Crippen MR) is 106 cm³/mol. The molecular formula is C19H31ClN2OS. The van der Waals surface area contributed by atoms with E-state index in [-0.39, 0.29) is 12.4 Å². The number of rotatable bonds is 7. The number of nitrogens with one attached hydrogen (secondary N) is 2. The third-order valence-electron chi connectivity index (χ3n) is 5.08. The van der Waals surface area contributed by atoms with Crippen LogP contribution in [-0.4, -0.2) is 44.1 Å². The molecule has 5 heteroatoms. The topological polar surface area (TPSA) is 33.3 Å². The fraction of sp³-hybridized carbons (Fsp3) is 0.684. The average molecular weight is 371 g/mol. The zero-order valence-electron chi connectivity index (χ0n) is 14.6. The van der Waals surface area contributed by atoms with Crippen molar-refractivity contribution >= 4 is 24.2 Å². The van der Waals surface area contributed by atoms with Gasteiger partial charge in [-0.3, -0.25) is 0 Å². The zero-order valence-corrected chi connectivity index (χ0v) is 16.3. The Balaban J connectivity index is 0.00000208. The minimum absolute atomic E-state index is 0. The SMILES string of the molecule is Cc1ccc(CSCCNC2CCCC2C2COCCN2)cc1.Cl. The fourth-order valence-corrected chi connectivity index (χ4v) is 4.61. The highest BCUT2D eigenvalue weighted by Crippen LogP contribution is 2.29. The van der Waals surface area contributed by atoms with Crippen LogP contribution in [0.25, 0.3) is 0 Å². The lowest BCUT2D eigenvalue weighted by molar-refractivity contribution is 0.0527. The van der Waals surface area contributed by atoms with Gasteiger partial charge in [0.2, 0.25) is 0 Å². The van der Waals surface area contributed by atoms with E-state index in [9.17, 15) is 0 Å². The van der Waals surface area contributed by atoms with Crippen LogP contribution in [0.4, 0.5) is 0 Å². The first kappa shape index (κ1) is 20.1. The van der Waals surface area contributed by atoms with Gasteiger partial charge in [-0.25, -0.2) is 0 Å². The summed E-state index contributed by atoms with van der Waals surface area (Å²) in [6, 6.07) is 10.1. The second kappa shape index (κ2) is 10.7. The van der Waals surface area contributed by atoms with Gasteiger partial charge < -0.3 is 15.4 Å². The molecule has 24 heavy (non-hydrogen) atoms. The maximum absolute atomic E-state index is 5.65. The van der Waals surface area contributed by atoms with E-state index in [1.807, 2.05) is 11.8 Å². The van der Waals surface area contributed by atoms with Gasteiger partial charge >= 0.3 is 0 Å². The number of thioether (sulfide) groups is 1. The van der Waals surface area contributed by atoms with E-state index in [1.165, 1.54) is 36.1 Å². The number of hydrogen-bond donors (Lipinski definition) is 2. The van der Waals surface area contributed by atoms with E-state index in [4.69, 9.17) is 4.74 Å². The minimum atomic E-state index is 0. The highest BCUT2D eigenvalue weighted by molar-refractivity contribution is 7.98. The molecule has 1 aromatic rings. The molecule has 1 saturated heterocycles. The van der Waals surface area contributed by atoms with Crippen molar-refractivity contribution in [2.45, 2.75) is 44.0 Å². The number of aryl methyl sites for hydroxylation is 1. The van der Waals surface area contributed by atoms with Gasteiger partial charge in [-0.1, -0.05) is 36.2 Å². The Hall–Kier alpha value is -0.260. The zero-order chi connectivity index (χ0) is 15.9. The molecule has 2 fully saturated rings. The van der Waals surface area contributed by atoms with E-state index < -0.39 is 0 Å². The molecule has 3 rings (SSSR count). The monoisotopic (exact) mass is 370 g/mol. The van der Waals surface area contributed by atoms with Gasteiger partial charge in [-0.15, -0.1) is 12.4 Å². The van der Waals surface area contributed by atoms with Crippen molar-refractivity contribution in [3.63, 3.8) is 0 Å². The van der Waals surface area contributed by atoms with E-state index in [2.05, 4.69) is 41.8 Å². The fourth-order valence-electron chi connectivity index (χ4n) is 3.78. The lowest BCUT2D eigenvalue weighted by Gasteiger charge is -2.33. The summed E-state index contributed by atoms with van der Waals surface area (Å²) in [5.74, 6) is 3.05. The van der Waals surface area contributed by atoms with Gasteiger partial charge in [0.15, 0.2) is 0 Å². The highest BCUT2D eigenvalue weighted by atomic mass is 35.5. The first-order valence-electron chi connectivity index (χ1n) is 9.01. The molecule has 0 amide bonds. The molecule has 2 aliphatic rings. The van der Waals surface area contributed by atoms with Crippen LogP contribution in [0, 0.1) is 12.8 Å². The molecule has 0 radical (unpaired) electrons. The quantitative estimate of drug-likeness (QED) is 0.721. The normalized spacial score (nSPS) is 27.0. The molecule has 3 nitrogen and oxygen atoms in total. The van der Waals surface area contributed by atoms with Gasteiger partial charge in [0, 0.05) is 36.7 Å². The van der Waals surface area contributed by atoms with Crippen molar-refractivity contribution in [1.82, 2.24) is 10.6 Å². The van der Waals surface area contributed by atoms with Crippen molar-refractivity contribution < 1.29 is 4.74 Å². The third kappa shape index (κ3) is 5.92. The van der Waals surface area contributed by atoms with Crippen LogP contribution in [0.5, 0.6) is 0 Å². The third-order valence-corrected chi connectivity index (χ3v) is 6.11. The maximum atomic E-state index is 5.65. The smallest absolute Gasteiger partial charge is 0.0623 e. The van der Waals surface area contributed by atoms with E-state index >= 15 is 0 Å². The first-order valence-corrected chi connectivity index (χ1v) is 10.2. The maximum Gasteiger partial charge on any atom is 0.0623 e. The highest BCUT2D eigenvalue weighted by Gasteiger charge is 2.34. The van der Waals surface area contributed by atoms with Crippen molar-refractivity contribution in [2.75, 3.05) is 32.1 Å². The van der Waals surface area contributed by atoms with E-state index in [0.29, 0.717) is 12.1 Å². The summed E-state index contributed by atoms with van der Waals surface area (Å²) in [7, 11) is 0. The molecule has 1 aromatic carbocycles. The Morgan fingerprint density at radius 3 is 2.83 bits per heavy atom. The summed E-state index contributed by atoms with van der Waals surface area (Å²) in [5, 5.41) is 7.46. The van der Waals surface area contributed by atoms with Gasteiger partial charge in [-0.05, 0) is 31.2 Å². The minimum Gasteiger partial charge on any atom is -0.379 e. The van der Waals surface area contributed by atoms with Gasteiger partial charge in [0.05, 0.1) is 13.2 Å². The molecule has 0 spiro atoms. The number of morpholine rings is 1. The van der Waals surface area contributed by atoms with Gasteiger partial charge in [-0.2, -0.15) is 11.8 Å². The molecule has 3 unspecified atom stereocenters. The molecule has 1 aliphatic heterocycles. The molecule has 2 N–H and O–H groups in total. The second-order valence-electron chi connectivity index (χ2n) is 6.83. The van der Waals surface area contributed by atoms with Crippen LogP contribution >= 0.6 is 24.2 Å². The van der Waals surface area contributed by atoms with Crippen molar-refractivity contribution in [3.8, 4) is 0 Å². The molecule has 136 valence electrons. The molecule has 1 saturated carbocycles. The predicted octanol–water partition coefficient (Wildman–Crippen LogP) is 3.40. The Labute approximate surface area is 157 Å². The number of hydrogen-bond acceptors (Lipinski definition) is 4. The standard InChI is InChI=1S/C19H30N2OS.ClH/c1-15-5-7-16(8-6-15)14-23-12-10-21-18-4-2-3-17(18)19-13-22-11-9-20-19;/h5-8,17-21H,2-4,9-14H2,1H3;1H. The largest absolute Gasteiger partial charge is 0.379 e. The van der Waals surface area contributed by atoms with Gasteiger partial charge in [0.25, 0.3) is 0 Å². The van der Waals surface area contributed by atoms with E-state index in [0.717, 1.165) is 38.0 Å². The first-order chi connectivity index (χ1) is 11.3. The number of halogens is 1. The Morgan fingerprint density at radius 1 is 1.25 bits per heavy atom. The lowest BCUT2D eigenvalue weighted by atomic mass is 9.94. The number of benzene rings is 1. The van der Waals surface area contributed by atoms with Crippen LogP contribution in [0.15, 0.2) is 24.3 Å². The summed E-state index contributed by atoms with van der Waals surface area (Å²) in [6.07, 6.45) is 4.03. The Morgan fingerprint density at radius 2 is 2.08 bits per heavy atom. The Bertz CT molecular complexity index is 465. The number of ether oxygens (including phenoxy) is 1. The van der Waals surface area contributed by atoms with Crippen LogP contribution in [0.2, 0.25) is 0 Å². The lowest BCUT2D eigenvalue weighted by Crippen LogP contribution is -2.51. The summed E-state index contributed by atoms with van der Waals surface area (Å²) < 4.78 is 5.65. The molecule has 1 aliphatic carbocycles. The van der Waals surface area contributed by atoms with Crippen LogP contribution in [-0.2, 0) is 10.5 Å². The van der Waals surface area contributed by atoms with Crippen LogP contribution < -0.4 is 10.6 Å². The summed E-state index contributed by atoms with van der Waals surface area (Å²) in [5.41, 5.74) is 2.77. The molecule has 3 atom stereocenters. The van der Waals surface area contributed by atoms with Crippen molar-refractivity contribution in [1.29, 1.82) is 0 Å². The van der Waals surface area contributed by atoms with E-state index in [1.54, 1.807) is 0 Å². The molecule has 0 bridgehead atoms. The molecule has 0 aromatic heterocycles. The molecular weight excluding hydrogens is 340 g/mol. The molecule has 1 heterocycles. The average Bonchev–Trinajstić information content (AvgIpc) is 3.05. The second-order valence-corrected chi connectivity index (χ2v) is 7.93. The van der Waals surface area contributed by atoms with Crippen molar-refractivity contribution in [3.05, 3.63) is 35.4 Å².